The summed E-state index contributed by atoms with van der Waals surface area (Å²) in [5.74, 6) is -2.48. The van der Waals surface area contributed by atoms with E-state index in [9.17, 15) is 8.78 Å². The van der Waals surface area contributed by atoms with Gasteiger partial charge in [0.05, 0.1) is 0 Å². The third-order valence-electron chi connectivity index (χ3n) is 3.40. The van der Waals surface area contributed by atoms with Crippen molar-refractivity contribution in [1.82, 2.24) is 4.98 Å². The number of anilines is 1. The fourth-order valence-corrected chi connectivity index (χ4v) is 2.33. The van der Waals surface area contributed by atoms with Crippen LogP contribution in [0.15, 0.2) is 30.5 Å². The van der Waals surface area contributed by atoms with Crippen LogP contribution in [0, 0.1) is 0 Å². The summed E-state index contributed by atoms with van der Waals surface area (Å²) >= 11 is 0. The Hall–Kier alpha value is -1.58. The van der Waals surface area contributed by atoms with Crippen molar-refractivity contribution in [3.8, 4) is 0 Å². The molecule has 0 unspecified atom stereocenters. The summed E-state index contributed by atoms with van der Waals surface area (Å²) in [4.78, 5) is 5.16. The van der Waals surface area contributed by atoms with E-state index in [0.717, 1.165) is 16.6 Å². The first kappa shape index (κ1) is 10.6. The Balaban J connectivity index is 1.84. The van der Waals surface area contributed by atoms with Crippen LogP contribution in [0.4, 0.5) is 14.5 Å². The summed E-state index contributed by atoms with van der Waals surface area (Å²) in [5.41, 5.74) is 2.11. The van der Waals surface area contributed by atoms with Crippen molar-refractivity contribution in [1.29, 1.82) is 0 Å². The molecule has 4 heteroatoms. The summed E-state index contributed by atoms with van der Waals surface area (Å²) in [5, 5.41) is 1.12. The van der Waals surface area contributed by atoms with Crippen LogP contribution in [-0.4, -0.2) is 24.0 Å². The van der Waals surface area contributed by atoms with Crippen molar-refractivity contribution in [3.05, 3.63) is 30.5 Å². The normalized spacial score (nSPS) is 19.8. The number of aromatic amines is 1. The standard InChI is InChI=1S/C13H14F2N2/c14-13(15)4-7-17(8-5-13)11-1-2-12-10(9-11)3-6-16-12/h1-3,6,9,16H,4-5,7-8H2. The number of hydrogen-bond acceptors (Lipinski definition) is 1. The van der Waals surface area contributed by atoms with E-state index in [4.69, 9.17) is 0 Å². The molecule has 0 bridgehead atoms. The Kier molecular flexibility index (Phi) is 2.31. The zero-order chi connectivity index (χ0) is 11.9. The number of rotatable bonds is 1. The van der Waals surface area contributed by atoms with Crippen molar-refractivity contribution < 1.29 is 8.78 Å². The van der Waals surface area contributed by atoms with Gasteiger partial charge in [-0.15, -0.1) is 0 Å². The maximum atomic E-state index is 13.1. The number of alkyl halides is 2. The smallest absolute Gasteiger partial charge is 0.251 e. The minimum absolute atomic E-state index is 0.0435. The Morgan fingerprint density at radius 3 is 2.65 bits per heavy atom. The van der Waals surface area contributed by atoms with E-state index < -0.39 is 5.92 Å². The molecular formula is C13H14F2N2. The predicted octanol–water partition coefficient (Wildman–Crippen LogP) is 3.40. The molecule has 2 aromatic rings. The van der Waals surface area contributed by atoms with E-state index in [1.165, 1.54) is 0 Å². The number of halogens is 2. The Morgan fingerprint density at radius 1 is 1.12 bits per heavy atom. The molecule has 3 rings (SSSR count). The molecule has 0 radical (unpaired) electrons. The maximum Gasteiger partial charge on any atom is 0.251 e. The average Bonchev–Trinajstić information content (AvgIpc) is 2.76. The fourth-order valence-electron chi connectivity index (χ4n) is 2.33. The number of H-pyrrole nitrogens is 1. The van der Waals surface area contributed by atoms with Gasteiger partial charge in [0.15, 0.2) is 0 Å². The minimum Gasteiger partial charge on any atom is -0.371 e. The highest BCUT2D eigenvalue weighted by Crippen LogP contribution is 2.31. The first-order valence-electron chi connectivity index (χ1n) is 5.84. The summed E-state index contributed by atoms with van der Waals surface area (Å²) in [6.07, 6.45) is 1.80. The average molecular weight is 236 g/mol. The lowest BCUT2D eigenvalue weighted by molar-refractivity contribution is -0.0220. The summed E-state index contributed by atoms with van der Waals surface area (Å²) in [7, 11) is 0. The Bertz CT molecular complexity index is 523. The number of aromatic nitrogens is 1. The highest BCUT2D eigenvalue weighted by molar-refractivity contribution is 5.83. The molecule has 1 N–H and O–H groups in total. The van der Waals surface area contributed by atoms with Crippen molar-refractivity contribution in [2.75, 3.05) is 18.0 Å². The molecule has 0 amide bonds. The summed E-state index contributed by atoms with van der Waals surface area (Å²) in [6.45, 7) is 0.867. The third kappa shape index (κ3) is 1.99. The van der Waals surface area contributed by atoms with Crippen molar-refractivity contribution in [2.45, 2.75) is 18.8 Å². The van der Waals surface area contributed by atoms with Crippen LogP contribution in [0.25, 0.3) is 10.9 Å². The second kappa shape index (κ2) is 3.72. The Morgan fingerprint density at radius 2 is 1.88 bits per heavy atom. The van der Waals surface area contributed by atoms with Crippen LogP contribution in [-0.2, 0) is 0 Å². The van der Waals surface area contributed by atoms with Crippen LogP contribution in [0.5, 0.6) is 0 Å². The minimum atomic E-state index is -2.48. The summed E-state index contributed by atoms with van der Waals surface area (Å²) in [6, 6.07) is 8.03. The molecule has 1 aliphatic heterocycles. The molecule has 1 aromatic heterocycles. The lowest BCUT2D eigenvalue weighted by atomic mass is 10.1. The van der Waals surface area contributed by atoms with Crippen molar-refractivity contribution in [3.63, 3.8) is 0 Å². The van der Waals surface area contributed by atoms with Gasteiger partial charge in [-0.3, -0.25) is 0 Å². The molecule has 17 heavy (non-hydrogen) atoms. The van der Waals surface area contributed by atoms with Gasteiger partial charge >= 0.3 is 0 Å². The van der Waals surface area contributed by atoms with Gasteiger partial charge in [0.2, 0.25) is 0 Å². The molecule has 1 aromatic carbocycles. The van der Waals surface area contributed by atoms with Crippen LogP contribution >= 0.6 is 0 Å². The number of fused-ring (bicyclic) bond motifs is 1. The highest BCUT2D eigenvalue weighted by Gasteiger charge is 2.33. The van der Waals surface area contributed by atoms with E-state index in [2.05, 4.69) is 11.1 Å². The molecule has 0 spiro atoms. The molecule has 1 saturated heterocycles. The van der Waals surface area contributed by atoms with Gasteiger partial charge in [0.25, 0.3) is 5.92 Å². The van der Waals surface area contributed by atoms with Crippen LogP contribution in [0.1, 0.15) is 12.8 Å². The van der Waals surface area contributed by atoms with Gasteiger partial charge in [0.1, 0.15) is 0 Å². The second-order valence-electron chi connectivity index (χ2n) is 4.59. The van der Waals surface area contributed by atoms with Crippen LogP contribution in [0.2, 0.25) is 0 Å². The fraction of sp³-hybridized carbons (Fsp3) is 0.385. The molecule has 1 aliphatic rings. The second-order valence-corrected chi connectivity index (χ2v) is 4.59. The SMILES string of the molecule is FC1(F)CCN(c2ccc3[nH]ccc3c2)CC1. The first-order valence-corrected chi connectivity index (χ1v) is 5.84. The van der Waals surface area contributed by atoms with Crippen molar-refractivity contribution in [2.24, 2.45) is 0 Å². The van der Waals surface area contributed by atoms with Crippen LogP contribution in [0.3, 0.4) is 0 Å². The van der Waals surface area contributed by atoms with Gasteiger partial charge in [-0.2, -0.15) is 0 Å². The lowest BCUT2D eigenvalue weighted by Crippen LogP contribution is -2.39. The molecule has 90 valence electrons. The largest absolute Gasteiger partial charge is 0.371 e. The van der Waals surface area contributed by atoms with E-state index in [1.807, 2.05) is 29.3 Å². The van der Waals surface area contributed by atoms with E-state index in [1.54, 1.807) is 0 Å². The lowest BCUT2D eigenvalue weighted by Gasteiger charge is -2.33. The summed E-state index contributed by atoms with van der Waals surface area (Å²) < 4.78 is 26.1. The zero-order valence-electron chi connectivity index (χ0n) is 9.42. The first-order chi connectivity index (χ1) is 8.14. The predicted molar refractivity (Wildman–Crippen MR) is 64.7 cm³/mol. The van der Waals surface area contributed by atoms with Gasteiger partial charge in [-0.1, -0.05) is 0 Å². The van der Waals surface area contributed by atoms with Crippen molar-refractivity contribution >= 4 is 16.6 Å². The van der Waals surface area contributed by atoms with Gasteiger partial charge in [-0.05, 0) is 24.3 Å². The van der Waals surface area contributed by atoms with Gasteiger partial charge < -0.3 is 9.88 Å². The number of nitrogens with one attached hydrogen (secondary N) is 1. The van der Waals surface area contributed by atoms with E-state index in [0.29, 0.717) is 13.1 Å². The molecule has 0 saturated carbocycles. The molecule has 2 nitrogen and oxygen atoms in total. The number of hydrogen-bond donors (Lipinski definition) is 1. The third-order valence-corrected chi connectivity index (χ3v) is 3.40. The number of piperidine rings is 1. The number of nitrogens with zero attached hydrogens (tertiary/aromatic N) is 1. The molecule has 1 fully saturated rings. The molecule has 0 aliphatic carbocycles. The molecule has 2 heterocycles. The van der Waals surface area contributed by atoms with E-state index in [-0.39, 0.29) is 12.8 Å². The monoisotopic (exact) mass is 236 g/mol. The maximum absolute atomic E-state index is 13.1. The highest BCUT2D eigenvalue weighted by atomic mass is 19.3. The Labute approximate surface area is 98.2 Å². The molecule has 0 atom stereocenters. The van der Waals surface area contributed by atoms with Gasteiger partial charge in [-0.25, -0.2) is 8.78 Å². The zero-order valence-corrected chi connectivity index (χ0v) is 9.42. The quantitative estimate of drug-likeness (QED) is 0.804. The van der Waals surface area contributed by atoms with E-state index >= 15 is 0 Å². The topological polar surface area (TPSA) is 19.0 Å². The van der Waals surface area contributed by atoms with Gasteiger partial charge in [0, 0.05) is 48.7 Å². The van der Waals surface area contributed by atoms with Crippen LogP contribution < -0.4 is 4.90 Å². The molecular weight excluding hydrogens is 222 g/mol. The number of benzene rings is 1.